The highest BCUT2D eigenvalue weighted by molar-refractivity contribution is 7.98. The molecule has 1 fully saturated rings. The van der Waals surface area contributed by atoms with Crippen molar-refractivity contribution in [2.24, 2.45) is 0 Å². The van der Waals surface area contributed by atoms with Gasteiger partial charge < -0.3 is 9.84 Å². The van der Waals surface area contributed by atoms with Crippen LogP contribution in [0.2, 0.25) is 0 Å². The fourth-order valence-electron chi connectivity index (χ4n) is 14.9. The summed E-state index contributed by atoms with van der Waals surface area (Å²) in [6.45, 7) is 38.5. The first kappa shape index (κ1) is 88.7. The van der Waals surface area contributed by atoms with Crippen LogP contribution in [0.1, 0.15) is 168 Å². The van der Waals surface area contributed by atoms with Crippen molar-refractivity contribution < 1.29 is 9.84 Å². The van der Waals surface area contributed by atoms with Gasteiger partial charge in [-0.15, -0.1) is 0 Å². The average Bonchev–Trinajstić information content (AvgIpc) is 0.765. The second-order valence-electron chi connectivity index (χ2n) is 36.0. The van der Waals surface area contributed by atoms with Gasteiger partial charge in [0.2, 0.25) is 4.90 Å². The van der Waals surface area contributed by atoms with Crippen molar-refractivity contribution in [1.82, 2.24) is 0 Å². The first-order valence-corrected chi connectivity index (χ1v) is 48.3. The highest BCUT2D eigenvalue weighted by Gasteiger charge is 2.49. The number of fused-ring (bicyclic) bond motifs is 2. The Morgan fingerprint density at radius 2 is 0.538 bits per heavy atom. The van der Waals surface area contributed by atoms with E-state index < -0.39 is 0 Å². The van der Waals surface area contributed by atoms with E-state index >= 15 is 0 Å². The largest absolute Gasteiger partial charge is 0.508 e. The van der Waals surface area contributed by atoms with Crippen molar-refractivity contribution in [3.8, 4) is 11.5 Å². The maximum Gasteiger partial charge on any atom is 0.202 e. The third-order valence-corrected chi connectivity index (χ3v) is 33.4. The smallest absolute Gasteiger partial charge is 0.202 e. The monoisotopic (exact) mass is 1660 g/mol. The summed E-state index contributed by atoms with van der Waals surface area (Å²) >= 11 is 0. The number of ether oxygens (including phenoxy) is 1. The number of phenols is 1. The molecule has 0 saturated heterocycles. The lowest BCUT2D eigenvalue weighted by Crippen LogP contribution is -2.44. The van der Waals surface area contributed by atoms with Crippen LogP contribution in [0.3, 0.4) is 0 Å². The lowest BCUT2D eigenvalue weighted by atomic mass is 9.87. The third-order valence-electron chi connectivity index (χ3n) is 21.6. The molecule has 7 heteroatoms. The molecule has 3 atom stereocenters. The second kappa shape index (κ2) is 40.2. The minimum absolute atomic E-state index is 0.0345. The molecule has 1 N–H and O–H groups in total. The van der Waals surface area contributed by atoms with Crippen LogP contribution in [0.4, 0.5) is 0 Å². The lowest BCUT2D eigenvalue weighted by Gasteiger charge is -2.35. The normalized spacial score (nSPS) is 14.6. The van der Waals surface area contributed by atoms with Crippen molar-refractivity contribution in [3.05, 3.63) is 409 Å². The fraction of sp³-hybridized carbons (Fsp3) is 0.250. The first-order chi connectivity index (χ1) is 57.0. The molecule has 0 amide bonds. The van der Waals surface area contributed by atoms with Gasteiger partial charge in [-0.3, -0.25) is 0 Å². The summed E-state index contributed by atoms with van der Waals surface area (Å²) in [6.07, 6.45) is 5.60. The van der Waals surface area contributed by atoms with Crippen molar-refractivity contribution in [1.29, 1.82) is 0 Å². The fourth-order valence-corrected chi connectivity index (χ4v) is 26.1. The molecule has 14 aromatic carbocycles. The Kier molecular flexibility index (Phi) is 30.0. The lowest BCUT2D eigenvalue weighted by molar-refractivity contribution is 0.150. The Morgan fingerprint density at radius 1 is 0.277 bits per heavy atom. The first-order valence-electron chi connectivity index (χ1n) is 42.1. The van der Waals surface area contributed by atoms with Crippen LogP contribution in [0, 0.1) is 13.8 Å². The molecule has 0 bridgehead atoms. The van der Waals surface area contributed by atoms with Crippen LogP contribution in [-0.4, -0.2) is 16.5 Å². The molecule has 0 aromatic heterocycles. The predicted molar refractivity (Wildman–Crippen MR) is 514 cm³/mol. The van der Waals surface area contributed by atoms with Gasteiger partial charge in [-0.25, -0.2) is 0 Å². The van der Waals surface area contributed by atoms with Crippen molar-refractivity contribution in [2.75, 3.05) is 0 Å². The number of phenolic OH excluding ortho intramolecular Hbond substituents is 1. The molecule has 16 rings (SSSR count). The van der Waals surface area contributed by atoms with Gasteiger partial charge in [0, 0.05) is 5.56 Å². The van der Waals surface area contributed by atoms with Crippen molar-refractivity contribution >= 4 is 54.5 Å². The third kappa shape index (κ3) is 23.7. The van der Waals surface area contributed by atoms with Crippen molar-refractivity contribution in [2.45, 2.75) is 250 Å². The second-order valence-corrected chi connectivity index (χ2v) is 46.3. The van der Waals surface area contributed by atoms with Crippen LogP contribution >= 0.6 is 0 Å². The van der Waals surface area contributed by atoms with Crippen LogP contribution < -0.4 is 4.74 Å². The Morgan fingerprint density at radius 3 is 0.840 bits per heavy atom. The summed E-state index contributed by atoms with van der Waals surface area (Å²) in [7, 11) is -0.198. The molecule has 14 aromatic rings. The molecule has 119 heavy (non-hydrogen) atoms. The molecular formula is C112H123O2S5+5. The summed E-state index contributed by atoms with van der Waals surface area (Å²) in [6, 6.07) is 134. The van der Waals surface area contributed by atoms with Gasteiger partial charge in [0.05, 0.1) is 54.5 Å². The Hall–Kier alpha value is -9.57. The molecule has 1 aliphatic carbocycles. The summed E-state index contributed by atoms with van der Waals surface area (Å²) < 4.78 is 6.29. The molecule has 3 unspecified atom stereocenters. The van der Waals surface area contributed by atoms with Crippen LogP contribution in [-0.2, 0) is 81.5 Å². The molecular weight excluding hydrogens is 1540 g/mol. The maximum atomic E-state index is 9.48. The van der Waals surface area contributed by atoms with E-state index in [-0.39, 0.29) is 81.5 Å². The SMILES string of the molecule is CC(C)(C)c1ccc([S+](c2ccc(C(C)(C)C)cc2)c2ccc(C(C)(C)C)cc2)cc1.CC(C)(C)c1ccc([S+](c2ccccc2)c2ccc(C(C)(C)C)cc2)cc1.Cc1ccc([S+](c2ccccc2)c2ccccc2)c(C)c1.Oc1ccc([S+](c2ccccc2)c2ccccc2)cc1.c1ccc([S+]2c3ccccc3OC3CCCCC32)cc1. The van der Waals surface area contributed by atoms with E-state index in [1.807, 2.05) is 24.3 Å². The number of para-hydroxylation sites is 1. The van der Waals surface area contributed by atoms with E-state index in [2.05, 4.69) is 451 Å². The van der Waals surface area contributed by atoms with E-state index in [9.17, 15) is 5.11 Å². The maximum absolute atomic E-state index is 9.48. The van der Waals surface area contributed by atoms with Gasteiger partial charge in [-0.1, -0.05) is 304 Å². The van der Waals surface area contributed by atoms with Crippen LogP contribution in [0.15, 0.2) is 439 Å². The summed E-state index contributed by atoms with van der Waals surface area (Å²) in [5.41, 5.74) is 10.4. The predicted octanol–water partition coefficient (Wildman–Crippen LogP) is 30.4. The summed E-state index contributed by atoms with van der Waals surface area (Å²) in [5, 5.41) is 10.2. The quantitative estimate of drug-likeness (QED) is 0.117. The zero-order valence-electron chi connectivity index (χ0n) is 73.1. The molecule has 1 heterocycles. The van der Waals surface area contributed by atoms with E-state index in [0.717, 1.165) is 5.75 Å². The highest BCUT2D eigenvalue weighted by Crippen LogP contribution is 2.46. The van der Waals surface area contributed by atoms with E-state index in [0.29, 0.717) is 17.1 Å². The number of hydrogen-bond acceptors (Lipinski definition) is 2. The highest BCUT2D eigenvalue weighted by atomic mass is 32.2. The zero-order valence-corrected chi connectivity index (χ0v) is 77.2. The van der Waals surface area contributed by atoms with Crippen LogP contribution in [0.25, 0.3) is 0 Å². The van der Waals surface area contributed by atoms with Gasteiger partial charge in [-0.05, 0) is 270 Å². The number of aromatic hydroxyl groups is 1. The van der Waals surface area contributed by atoms with Gasteiger partial charge in [0.15, 0.2) is 74.6 Å². The molecule has 1 saturated carbocycles. The molecule has 608 valence electrons. The number of benzene rings is 14. The van der Waals surface area contributed by atoms with Gasteiger partial charge in [0.25, 0.3) is 0 Å². The minimum Gasteiger partial charge on any atom is -0.508 e. The Labute approximate surface area is 729 Å². The molecule has 0 radical (unpaired) electrons. The van der Waals surface area contributed by atoms with E-state index in [1.165, 1.54) is 133 Å². The van der Waals surface area contributed by atoms with Gasteiger partial charge >= 0.3 is 0 Å². The topological polar surface area (TPSA) is 29.5 Å². The van der Waals surface area contributed by atoms with Crippen molar-refractivity contribution in [3.63, 3.8) is 0 Å². The number of hydrogen-bond donors (Lipinski definition) is 1. The molecule has 0 spiro atoms. The Bertz CT molecular complexity index is 5140. The molecule has 2 nitrogen and oxygen atoms in total. The van der Waals surface area contributed by atoms with Crippen LogP contribution in [0.5, 0.6) is 11.5 Å². The number of aryl methyl sites for hydroxylation is 2. The number of rotatable bonds is 13. The summed E-state index contributed by atoms with van der Waals surface area (Å²) in [5.74, 6) is 1.42. The minimum atomic E-state index is -0.134. The molecule has 1 aliphatic heterocycles. The Balaban J connectivity index is 0.000000138. The van der Waals surface area contributed by atoms with Gasteiger partial charge in [-0.2, -0.15) is 0 Å². The summed E-state index contributed by atoms with van der Waals surface area (Å²) in [4.78, 5) is 19.0. The average molecular weight is 1660 g/mol. The van der Waals surface area contributed by atoms with Gasteiger partial charge in [0.1, 0.15) is 11.9 Å². The standard InChI is InChI=1S/C30H39S.C26H31S.C20H19S.C18H19OS.C18H14OS/c1-28(2,3)22-10-16-25(17-11-22)31(26-18-12-23(13-19-26)29(4,5)6)27-20-14-24(15-21-27)30(7,8)9;1-25(2,3)20-12-16-23(17-13-20)27(22-10-8-7-9-11-22)24-18-14-21(15-19-24)26(4,5)6;1-16-13-14-20(17(2)15-16)21(18-9-5-3-6-10-18)19-11-7-4-8-12-19;1-2-8-14(9-3-1)20-17-12-6-4-10-15(17)19-16-11-5-7-13-18(16)20;19-15-11-13-18(14-12-15)20(16-7-3-1-4-8-16)17-9-5-2-6-10-17/h10-21H,1-9H3;7-19H,1-6H3;3-15H,1-2H3;1-4,6,8-10,12,16,18H,5,7,11,13H2;1-14H/q4*+1;/p+1. The van der Waals surface area contributed by atoms with E-state index in [4.69, 9.17) is 4.74 Å². The zero-order chi connectivity index (χ0) is 84.5. The van der Waals surface area contributed by atoms with E-state index in [1.54, 1.807) is 12.1 Å². The molecule has 2 aliphatic rings.